The van der Waals surface area contributed by atoms with Crippen LogP contribution >= 0.6 is 0 Å². The van der Waals surface area contributed by atoms with E-state index in [1.807, 2.05) is 0 Å². The molecule has 0 saturated carbocycles. The molecule has 1 aromatic rings. The van der Waals surface area contributed by atoms with Crippen LogP contribution in [0.15, 0.2) is 36.1 Å². The number of benzene rings is 1. The summed E-state index contributed by atoms with van der Waals surface area (Å²) in [6.07, 6.45) is -3.21. The van der Waals surface area contributed by atoms with Gasteiger partial charge in [-0.05, 0) is 23.8 Å². The summed E-state index contributed by atoms with van der Waals surface area (Å²) in [6.45, 7) is 4.02. The Hall–Kier alpha value is -4.82. The number of hydrogen-bond donors (Lipinski definition) is 3. The summed E-state index contributed by atoms with van der Waals surface area (Å²) in [5.74, 6) is -3.65. The van der Waals surface area contributed by atoms with Gasteiger partial charge in [0.25, 0.3) is 0 Å². The van der Waals surface area contributed by atoms with Gasteiger partial charge in [-0.1, -0.05) is 12.1 Å². The minimum Gasteiger partial charge on any atom is -0.497 e. The van der Waals surface area contributed by atoms with Crippen LogP contribution in [0.5, 0.6) is 5.75 Å². The molecule has 1 aliphatic rings. The highest BCUT2D eigenvalue weighted by molar-refractivity contribution is 5.87. The van der Waals surface area contributed by atoms with Gasteiger partial charge in [0.1, 0.15) is 12.4 Å². The summed E-state index contributed by atoms with van der Waals surface area (Å²) in [7, 11) is 2.62. The van der Waals surface area contributed by atoms with E-state index in [1.54, 1.807) is 24.3 Å². The Balaban J connectivity index is 2.46. The highest BCUT2D eigenvalue weighted by Gasteiger charge is 2.48. The molecular weight excluding hydrogens is 558 g/mol. The van der Waals surface area contributed by atoms with Crippen LogP contribution in [0.2, 0.25) is 0 Å². The van der Waals surface area contributed by atoms with Gasteiger partial charge in [0.05, 0.1) is 26.3 Å². The van der Waals surface area contributed by atoms with E-state index in [9.17, 15) is 28.8 Å². The number of nitrogens with one attached hydrogen (secondary N) is 3. The number of urea groups is 1. The lowest BCUT2D eigenvalue weighted by Gasteiger charge is -2.41. The van der Waals surface area contributed by atoms with Crippen LogP contribution in [0.4, 0.5) is 4.79 Å². The Morgan fingerprint density at radius 1 is 0.881 bits per heavy atom. The maximum absolute atomic E-state index is 12.9. The number of hydrogen-bond acceptors (Lipinski definition) is 12. The van der Waals surface area contributed by atoms with Gasteiger partial charge in [0.2, 0.25) is 11.7 Å². The van der Waals surface area contributed by atoms with Crippen LogP contribution in [-0.4, -0.2) is 87.0 Å². The van der Waals surface area contributed by atoms with E-state index >= 15 is 0 Å². The molecule has 0 saturated heterocycles. The molecule has 0 radical (unpaired) electrons. The van der Waals surface area contributed by atoms with Crippen molar-refractivity contribution in [2.75, 3.05) is 20.8 Å². The van der Waals surface area contributed by atoms with Gasteiger partial charge in [-0.3, -0.25) is 19.2 Å². The van der Waals surface area contributed by atoms with Crippen LogP contribution in [-0.2, 0) is 54.2 Å². The molecule has 5 atom stereocenters. The van der Waals surface area contributed by atoms with Crippen molar-refractivity contribution >= 4 is 35.8 Å². The molecule has 15 nitrogen and oxygen atoms in total. The van der Waals surface area contributed by atoms with Crippen molar-refractivity contribution in [2.45, 2.75) is 64.6 Å². The summed E-state index contributed by atoms with van der Waals surface area (Å²) >= 11 is 0. The molecule has 42 heavy (non-hydrogen) atoms. The van der Waals surface area contributed by atoms with Gasteiger partial charge in [0.15, 0.2) is 18.3 Å². The maximum atomic E-state index is 12.9. The van der Waals surface area contributed by atoms with Gasteiger partial charge in [-0.15, -0.1) is 0 Å². The Bertz CT molecular complexity index is 1180. The first-order chi connectivity index (χ1) is 19.8. The minimum absolute atomic E-state index is 0.119. The highest BCUT2D eigenvalue weighted by atomic mass is 16.6. The molecule has 0 aromatic heterocycles. The van der Waals surface area contributed by atoms with Crippen molar-refractivity contribution < 1.29 is 57.2 Å². The largest absolute Gasteiger partial charge is 0.497 e. The normalized spacial score (nSPS) is 18.9. The second-order valence-electron chi connectivity index (χ2n) is 9.06. The standard InChI is InChI=1S/C27H35N3O12/c1-14(31)29-23-20(30-27(36)28-12-18-7-9-19(37-5)10-8-18)11-21(26(35)38-6)42-25(23)24(41-17(4)34)22(40-16(3)33)13-39-15(2)32/h7-11,20,22-25H,12-13H2,1-6H3,(H,29,31)(H2,28,30,36)/t20-,22+,23+,24+,25+/m0/s1. The number of rotatable bonds is 12. The van der Waals surface area contributed by atoms with E-state index in [0.29, 0.717) is 5.75 Å². The number of esters is 4. The van der Waals surface area contributed by atoms with E-state index in [1.165, 1.54) is 20.1 Å². The van der Waals surface area contributed by atoms with Crippen molar-refractivity contribution in [2.24, 2.45) is 0 Å². The van der Waals surface area contributed by atoms with E-state index in [0.717, 1.165) is 33.4 Å². The Morgan fingerprint density at radius 3 is 2.05 bits per heavy atom. The zero-order valence-electron chi connectivity index (χ0n) is 24.1. The molecule has 0 spiro atoms. The summed E-state index contributed by atoms with van der Waals surface area (Å²) in [5.41, 5.74) is 0.754. The van der Waals surface area contributed by atoms with Crippen LogP contribution in [0, 0.1) is 0 Å². The molecule has 1 aromatic carbocycles. The van der Waals surface area contributed by atoms with Gasteiger partial charge in [-0.2, -0.15) is 0 Å². The molecule has 0 bridgehead atoms. The van der Waals surface area contributed by atoms with Crippen LogP contribution in [0.25, 0.3) is 0 Å². The van der Waals surface area contributed by atoms with Crippen LogP contribution in [0.1, 0.15) is 33.3 Å². The fraction of sp³-hybridized carbons (Fsp3) is 0.481. The third kappa shape index (κ3) is 10.3. The van der Waals surface area contributed by atoms with Crippen molar-refractivity contribution in [1.82, 2.24) is 16.0 Å². The zero-order valence-corrected chi connectivity index (χ0v) is 24.1. The molecule has 230 valence electrons. The lowest BCUT2D eigenvalue weighted by atomic mass is 9.91. The summed E-state index contributed by atoms with van der Waals surface area (Å²) in [4.78, 5) is 73.3. The van der Waals surface area contributed by atoms with Crippen molar-refractivity contribution in [3.63, 3.8) is 0 Å². The molecule has 3 amide bonds. The smallest absolute Gasteiger partial charge is 0.373 e. The monoisotopic (exact) mass is 593 g/mol. The molecule has 2 rings (SSSR count). The van der Waals surface area contributed by atoms with Gasteiger partial charge in [0, 0.05) is 34.2 Å². The fourth-order valence-corrected chi connectivity index (χ4v) is 4.04. The Morgan fingerprint density at radius 2 is 1.52 bits per heavy atom. The average molecular weight is 594 g/mol. The molecule has 3 N–H and O–H groups in total. The Labute approximate surface area is 242 Å². The predicted octanol–water partition coefficient (Wildman–Crippen LogP) is 0.250. The van der Waals surface area contributed by atoms with Gasteiger partial charge in [-0.25, -0.2) is 9.59 Å². The number of amides is 3. The number of methoxy groups -OCH3 is 2. The second-order valence-corrected chi connectivity index (χ2v) is 9.06. The molecule has 15 heteroatoms. The molecular formula is C27H35N3O12. The van der Waals surface area contributed by atoms with Gasteiger partial charge >= 0.3 is 29.9 Å². The second kappa shape index (κ2) is 15.8. The molecule has 0 unspecified atom stereocenters. The summed E-state index contributed by atoms with van der Waals surface area (Å²) in [6, 6.07) is 3.93. The quantitative estimate of drug-likeness (QED) is 0.221. The van der Waals surface area contributed by atoms with E-state index in [-0.39, 0.29) is 6.54 Å². The number of carbonyl (C=O) groups is 6. The average Bonchev–Trinajstić information content (AvgIpc) is 2.93. The summed E-state index contributed by atoms with van der Waals surface area (Å²) in [5, 5.41) is 7.95. The summed E-state index contributed by atoms with van der Waals surface area (Å²) < 4.78 is 31.4. The zero-order chi connectivity index (χ0) is 31.4. The highest BCUT2D eigenvalue weighted by Crippen LogP contribution is 2.27. The molecule has 0 fully saturated rings. The first-order valence-corrected chi connectivity index (χ1v) is 12.7. The van der Waals surface area contributed by atoms with Crippen molar-refractivity contribution in [3.05, 3.63) is 41.7 Å². The number of carbonyl (C=O) groups excluding carboxylic acids is 6. The first-order valence-electron chi connectivity index (χ1n) is 12.7. The van der Waals surface area contributed by atoms with Crippen LogP contribution < -0.4 is 20.7 Å². The molecule has 0 aliphatic carbocycles. The van der Waals surface area contributed by atoms with Crippen LogP contribution in [0.3, 0.4) is 0 Å². The van der Waals surface area contributed by atoms with E-state index in [2.05, 4.69) is 16.0 Å². The van der Waals surface area contributed by atoms with Crippen molar-refractivity contribution in [1.29, 1.82) is 0 Å². The lowest BCUT2D eigenvalue weighted by molar-refractivity contribution is -0.188. The Kier molecular flexibility index (Phi) is 12.6. The van der Waals surface area contributed by atoms with Gasteiger partial charge < -0.3 is 44.4 Å². The maximum Gasteiger partial charge on any atom is 0.373 e. The number of ether oxygens (including phenoxy) is 6. The molecule has 1 heterocycles. The fourth-order valence-electron chi connectivity index (χ4n) is 4.04. The predicted molar refractivity (Wildman–Crippen MR) is 142 cm³/mol. The topological polar surface area (TPSA) is 194 Å². The van der Waals surface area contributed by atoms with E-state index < -0.39 is 78.6 Å². The molecule has 1 aliphatic heterocycles. The first kappa shape index (κ1) is 33.4. The SMILES string of the molecule is COC(=O)C1=C[C@H](NC(=O)NCc2ccc(OC)cc2)[C@@H](NC(C)=O)[C@H]([C@H](OC(C)=O)[C@@H](COC(C)=O)OC(C)=O)O1. The van der Waals surface area contributed by atoms with Crippen molar-refractivity contribution in [3.8, 4) is 5.75 Å². The third-order valence-corrected chi connectivity index (χ3v) is 5.76. The lowest BCUT2D eigenvalue weighted by Crippen LogP contribution is -2.65. The minimum atomic E-state index is -1.54. The van der Waals surface area contributed by atoms with E-state index in [4.69, 9.17) is 28.4 Å². The third-order valence-electron chi connectivity index (χ3n) is 5.76.